The number of para-hydroxylation sites is 2. The molecule has 10 rings (SSSR count). The molecule has 50 heavy (non-hydrogen) atoms. The van der Waals surface area contributed by atoms with E-state index in [1.54, 1.807) is 0 Å². The maximum atomic E-state index is 6.56. The lowest BCUT2D eigenvalue weighted by molar-refractivity contribution is 0.181. The molecule has 0 amide bonds. The van der Waals surface area contributed by atoms with E-state index in [1.807, 2.05) is 0 Å². The number of nitrogens with one attached hydrogen (secondary N) is 1. The molecule has 0 radical (unpaired) electrons. The molecule has 0 bridgehead atoms. The molecule has 240 valence electrons. The van der Waals surface area contributed by atoms with Crippen molar-refractivity contribution in [1.82, 2.24) is 10.4 Å². The zero-order valence-corrected chi connectivity index (χ0v) is 27.5. The van der Waals surface area contributed by atoms with Crippen molar-refractivity contribution in [3.8, 4) is 22.6 Å². The van der Waals surface area contributed by atoms with Crippen molar-refractivity contribution in [2.45, 2.75) is 30.5 Å². The number of amidine groups is 1. The molecule has 1 spiro atoms. The molecule has 2 aliphatic heterocycles. The van der Waals surface area contributed by atoms with Crippen LogP contribution in [0.4, 0.5) is 0 Å². The minimum Gasteiger partial charge on any atom is -0.457 e. The minimum absolute atomic E-state index is 0.118. The molecule has 0 aromatic heterocycles. The van der Waals surface area contributed by atoms with Gasteiger partial charge in [0.05, 0.1) is 5.41 Å². The summed E-state index contributed by atoms with van der Waals surface area (Å²) in [6.45, 7) is 0.744. The number of hydrazine groups is 1. The van der Waals surface area contributed by atoms with Crippen LogP contribution in [0.5, 0.6) is 11.5 Å². The Hall–Kier alpha value is -5.97. The Labute approximate surface area is 292 Å². The van der Waals surface area contributed by atoms with Gasteiger partial charge < -0.3 is 10.2 Å². The van der Waals surface area contributed by atoms with Crippen LogP contribution in [-0.2, 0) is 12.0 Å². The molecule has 6 aromatic carbocycles. The van der Waals surface area contributed by atoms with E-state index in [1.165, 1.54) is 50.1 Å². The Morgan fingerprint density at radius 3 is 2.04 bits per heavy atom. The number of aliphatic imine (C=N–C) groups is 1. The molecule has 2 aliphatic carbocycles. The summed E-state index contributed by atoms with van der Waals surface area (Å²) >= 11 is 0. The van der Waals surface area contributed by atoms with Crippen molar-refractivity contribution in [2.24, 2.45) is 4.99 Å². The zero-order valence-electron chi connectivity index (χ0n) is 27.5. The standard InChI is InChI=1S/C46H35N3O/c1-3-14-31(15-4-1)30-49-45(32-16-5-2-6-17-32)47-44(48-49)35-19-13-18-33(28-35)34-26-27-37-36-20-7-8-21-38(36)46(41(37)29-34)39-22-9-11-24-42(39)50-43-25-12-10-23-40(43)46/h1-17,19-29,33,45H,18,30H2,(H,47,48). The van der Waals surface area contributed by atoms with E-state index < -0.39 is 5.41 Å². The monoisotopic (exact) mass is 645 g/mol. The molecular weight excluding hydrogens is 611 g/mol. The van der Waals surface area contributed by atoms with Crippen molar-refractivity contribution in [2.75, 3.05) is 0 Å². The second kappa shape index (κ2) is 11.6. The Balaban J connectivity index is 1.07. The van der Waals surface area contributed by atoms with Crippen LogP contribution in [0.25, 0.3) is 11.1 Å². The number of ether oxygens (including phenoxy) is 1. The predicted molar refractivity (Wildman–Crippen MR) is 200 cm³/mol. The van der Waals surface area contributed by atoms with Crippen LogP contribution in [0, 0.1) is 0 Å². The van der Waals surface area contributed by atoms with Gasteiger partial charge in [-0.05, 0) is 57.5 Å². The summed E-state index contributed by atoms with van der Waals surface area (Å²) in [4.78, 5) is 5.29. The van der Waals surface area contributed by atoms with Gasteiger partial charge in [-0.1, -0.05) is 158 Å². The molecule has 2 heterocycles. The average molecular weight is 646 g/mol. The predicted octanol–water partition coefficient (Wildman–Crippen LogP) is 10.2. The topological polar surface area (TPSA) is 36.9 Å². The summed E-state index contributed by atoms with van der Waals surface area (Å²) in [5.41, 5.74) is 15.7. The second-order valence-electron chi connectivity index (χ2n) is 13.5. The van der Waals surface area contributed by atoms with Gasteiger partial charge in [-0.2, -0.15) is 5.01 Å². The molecule has 0 fully saturated rings. The van der Waals surface area contributed by atoms with E-state index >= 15 is 0 Å². The maximum Gasteiger partial charge on any atom is 0.147 e. The van der Waals surface area contributed by atoms with Gasteiger partial charge in [-0.15, -0.1) is 0 Å². The normalized spacial score (nSPS) is 19.4. The van der Waals surface area contributed by atoms with E-state index in [0.717, 1.165) is 35.9 Å². The first-order valence-corrected chi connectivity index (χ1v) is 17.5. The van der Waals surface area contributed by atoms with Crippen LogP contribution in [0.15, 0.2) is 180 Å². The van der Waals surface area contributed by atoms with Gasteiger partial charge in [0, 0.05) is 29.2 Å². The van der Waals surface area contributed by atoms with Crippen LogP contribution in [0.3, 0.4) is 0 Å². The maximum absolute atomic E-state index is 6.56. The zero-order chi connectivity index (χ0) is 33.1. The fourth-order valence-corrected chi connectivity index (χ4v) is 8.52. The molecule has 0 saturated carbocycles. The average Bonchev–Trinajstić information content (AvgIpc) is 3.73. The minimum atomic E-state index is -0.470. The Bertz CT molecular complexity index is 2310. The van der Waals surface area contributed by atoms with Crippen molar-refractivity contribution in [3.63, 3.8) is 0 Å². The largest absolute Gasteiger partial charge is 0.457 e. The lowest BCUT2D eigenvalue weighted by Crippen LogP contribution is -2.37. The third-order valence-electron chi connectivity index (χ3n) is 10.7. The van der Waals surface area contributed by atoms with E-state index in [9.17, 15) is 0 Å². The van der Waals surface area contributed by atoms with Gasteiger partial charge in [-0.25, -0.2) is 4.99 Å². The molecule has 2 unspecified atom stereocenters. The van der Waals surface area contributed by atoms with Gasteiger partial charge in [0.1, 0.15) is 23.5 Å². The first kappa shape index (κ1) is 29.0. The highest BCUT2D eigenvalue weighted by Crippen LogP contribution is 2.62. The van der Waals surface area contributed by atoms with Gasteiger partial charge in [0.25, 0.3) is 0 Å². The van der Waals surface area contributed by atoms with E-state index in [0.29, 0.717) is 0 Å². The summed E-state index contributed by atoms with van der Waals surface area (Å²) in [5, 5.41) is 2.24. The highest BCUT2D eigenvalue weighted by molar-refractivity contribution is 6.02. The second-order valence-corrected chi connectivity index (χ2v) is 13.5. The van der Waals surface area contributed by atoms with Crippen LogP contribution >= 0.6 is 0 Å². The van der Waals surface area contributed by atoms with Crippen LogP contribution < -0.4 is 10.2 Å². The van der Waals surface area contributed by atoms with Gasteiger partial charge in [0.2, 0.25) is 0 Å². The summed E-state index contributed by atoms with van der Waals surface area (Å²) < 4.78 is 6.56. The lowest BCUT2D eigenvalue weighted by atomic mass is 9.65. The number of benzene rings is 6. The number of fused-ring (bicyclic) bond motifs is 9. The third-order valence-corrected chi connectivity index (χ3v) is 10.7. The quantitative estimate of drug-likeness (QED) is 0.202. The highest BCUT2D eigenvalue weighted by Gasteiger charge is 2.51. The van der Waals surface area contributed by atoms with Crippen molar-refractivity contribution in [3.05, 3.63) is 214 Å². The number of hydrogen-bond donors (Lipinski definition) is 1. The molecule has 4 nitrogen and oxygen atoms in total. The smallest absolute Gasteiger partial charge is 0.147 e. The molecular formula is C46H35N3O. The van der Waals surface area contributed by atoms with Gasteiger partial charge in [0.15, 0.2) is 0 Å². The van der Waals surface area contributed by atoms with Crippen molar-refractivity contribution >= 4 is 5.84 Å². The third kappa shape index (κ3) is 4.45. The summed E-state index contributed by atoms with van der Waals surface area (Å²) in [5.74, 6) is 2.95. The van der Waals surface area contributed by atoms with Gasteiger partial charge in [-0.3, -0.25) is 0 Å². The lowest BCUT2D eigenvalue weighted by Gasteiger charge is -2.39. The number of hydrogen-bond acceptors (Lipinski definition) is 4. The number of allylic oxidation sites excluding steroid dienone is 2. The Morgan fingerprint density at radius 2 is 1.28 bits per heavy atom. The molecule has 2 atom stereocenters. The molecule has 1 N–H and O–H groups in total. The van der Waals surface area contributed by atoms with E-state index in [4.69, 9.17) is 9.73 Å². The van der Waals surface area contributed by atoms with Crippen molar-refractivity contribution in [1.29, 1.82) is 0 Å². The van der Waals surface area contributed by atoms with Crippen LogP contribution in [0.2, 0.25) is 0 Å². The first-order valence-electron chi connectivity index (χ1n) is 17.5. The molecule has 4 heteroatoms. The Kier molecular flexibility index (Phi) is 6.71. The SMILES string of the molecule is C1=CC(C2=NC(c3ccccc3)N(Cc3ccccc3)N2)=CC(c2ccc3c(c2)C2(c4ccccc4Oc4ccccc42)c2ccccc2-3)C1. The summed E-state index contributed by atoms with van der Waals surface area (Å²) in [7, 11) is 0. The van der Waals surface area contributed by atoms with E-state index in [-0.39, 0.29) is 12.1 Å². The fourth-order valence-electron chi connectivity index (χ4n) is 8.52. The highest BCUT2D eigenvalue weighted by atomic mass is 16.5. The molecule has 4 aliphatic rings. The summed E-state index contributed by atoms with van der Waals surface area (Å²) in [6, 6.07) is 54.4. The van der Waals surface area contributed by atoms with Gasteiger partial charge >= 0.3 is 0 Å². The number of rotatable bonds is 5. The van der Waals surface area contributed by atoms with Crippen LogP contribution in [0.1, 0.15) is 57.4 Å². The fraction of sp³-hybridized carbons (Fsp3) is 0.109. The van der Waals surface area contributed by atoms with Crippen molar-refractivity contribution < 1.29 is 4.74 Å². The molecule has 0 saturated heterocycles. The number of nitrogens with zero attached hydrogens (tertiary/aromatic N) is 2. The van der Waals surface area contributed by atoms with Crippen LogP contribution in [-0.4, -0.2) is 10.8 Å². The molecule has 6 aromatic rings. The Morgan fingerprint density at radius 1 is 0.640 bits per heavy atom. The van der Waals surface area contributed by atoms with E-state index in [2.05, 4.69) is 180 Å². The summed E-state index contributed by atoms with van der Waals surface area (Å²) in [6.07, 6.45) is 7.75. The first-order chi connectivity index (χ1) is 24.8.